The van der Waals surface area contributed by atoms with Gasteiger partial charge in [-0.3, -0.25) is 9.78 Å². The van der Waals surface area contributed by atoms with Crippen molar-refractivity contribution in [1.29, 1.82) is 0 Å². The molecule has 2 heterocycles. The van der Waals surface area contributed by atoms with Crippen molar-refractivity contribution in [2.24, 2.45) is 17.6 Å². The number of carbonyl (C=O) groups excluding carboxylic acids is 1. The van der Waals surface area contributed by atoms with Crippen molar-refractivity contribution in [3.63, 3.8) is 0 Å². The van der Waals surface area contributed by atoms with Gasteiger partial charge in [0.1, 0.15) is 0 Å². The molecule has 0 bridgehead atoms. The molecule has 0 spiro atoms. The number of primary amides is 1. The maximum atomic E-state index is 14.4. The molecule has 4 rings (SSSR count). The maximum Gasteiger partial charge on any atom is 0.220 e. The van der Waals surface area contributed by atoms with Gasteiger partial charge in [-0.15, -0.1) is 0 Å². The Bertz CT molecular complexity index is 930. The minimum atomic E-state index is -0.449. The number of carbonyl (C=O) groups is 1. The van der Waals surface area contributed by atoms with Crippen LogP contribution in [0.2, 0.25) is 5.02 Å². The molecule has 0 unspecified atom stereocenters. The molecule has 2 aromatic heterocycles. The zero-order chi connectivity index (χ0) is 19.0. The number of hydrogen-bond donors (Lipinski definition) is 1. The van der Waals surface area contributed by atoms with Gasteiger partial charge in [-0.1, -0.05) is 30.5 Å². The van der Waals surface area contributed by atoms with Crippen LogP contribution in [0.15, 0.2) is 24.5 Å². The molecule has 1 amide bonds. The molecule has 2 N–H and O–H groups in total. The second kappa shape index (κ2) is 7.35. The first-order valence-electron chi connectivity index (χ1n) is 9.19. The predicted octanol–water partition coefficient (Wildman–Crippen LogP) is 3.49. The van der Waals surface area contributed by atoms with Gasteiger partial charge < -0.3 is 5.73 Å². The Balaban J connectivity index is 1.63. The van der Waals surface area contributed by atoms with Crippen molar-refractivity contribution < 1.29 is 9.18 Å². The summed E-state index contributed by atoms with van der Waals surface area (Å²) < 4.78 is 14.4. The van der Waals surface area contributed by atoms with Crippen molar-refractivity contribution >= 4 is 23.1 Å². The second-order valence-electron chi connectivity index (χ2n) is 7.22. The number of hydrogen-bond acceptors (Lipinski definition) is 4. The maximum absolute atomic E-state index is 14.4. The van der Waals surface area contributed by atoms with Crippen LogP contribution in [-0.2, 0) is 17.6 Å². The van der Waals surface area contributed by atoms with Crippen LogP contribution in [0.1, 0.15) is 48.5 Å². The molecule has 0 saturated heterocycles. The molecule has 1 saturated carbocycles. The molecule has 1 fully saturated rings. The molecule has 2 atom stereocenters. The fourth-order valence-electron chi connectivity index (χ4n) is 4.13. The summed E-state index contributed by atoms with van der Waals surface area (Å²) in [5, 5.41) is 0.537. The van der Waals surface area contributed by atoms with E-state index in [0.717, 1.165) is 42.5 Å². The monoisotopic (exact) mass is 386 g/mol. The minimum absolute atomic E-state index is 0.0226. The number of allylic oxidation sites excluding steroid dienone is 1. The Hall–Kier alpha value is -2.34. The standard InChI is InChI=1S/C20H20ClFN4O/c21-12-8-15-14(5-6-17(15)24-9-12)20-25-10-16(22)18(26-20)7-11-3-1-2-4-13(11)19(23)27/h5,8-11,13H,1-4,6-7H2,(H2,23,27)/t11-,13+/m1/s1. The molecule has 0 aliphatic heterocycles. The molecule has 140 valence electrons. The second-order valence-corrected chi connectivity index (χ2v) is 7.65. The van der Waals surface area contributed by atoms with Crippen LogP contribution in [0.3, 0.4) is 0 Å². The highest BCUT2D eigenvalue weighted by Crippen LogP contribution is 2.34. The fourth-order valence-corrected chi connectivity index (χ4v) is 4.29. The van der Waals surface area contributed by atoms with Crippen molar-refractivity contribution in [3.8, 4) is 0 Å². The number of aromatic nitrogens is 3. The van der Waals surface area contributed by atoms with E-state index in [1.54, 1.807) is 6.20 Å². The summed E-state index contributed by atoms with van der Waals surface area (Å²) in [4.78, 5) is 24.8. The molecule has 5 nitrogen and oxygen atoms in total. The molecule has 0 aromatic carbocycles. The van der Waals surface area contributed by atoms with Gasteiger partial charge in [-0.25, -0.2) is 14.4 Å². The zero-order valence-electron chi connectivity index (χ0n) is 14.8. The lowest BCUT2D eigenvalue weighted by atomic mass is 9.76. The minimum Gasteiger partial charge on any atom is -0.369 e. The summed E-state index contributed by atoms with van der Waals surface area (Å²) in [6, 6.07) is 1.83. The summed E-state index contributed by atoms with van der Waals surface area (Å²) >= 11 is 6.07. The van der Waals surface area contributed by atoms with Gasteiger partial charge in [-0.2, -0.15) is 0 Å². The average Bonchev–Trinajstić information content (AvgIpc) is 3.07. The number of fused-ring (bicyclic) bond motifs is 1. The van der Waals surface area contributed by atoms with E-state index in [9.17, 15) is 9.18 Å². The van der Waals surface area contributed by atoms with Crippen LogP contribution in [-0.4, -0.2) is 20.9 Å². The Morgan fingerprint density at radius 1 is 1.26 bits per heavy atom. The highest BCUT2D eigenvalue weighted by Gasteiger charge is 2.31. The van der Waals surface area contributed by atoms with E-state index in [2.05, 4.69) is 15.0 Å². The lowest BCUT2D eigenvalue weighted by Gasteiger charge is -2.29. The summed E-state index contributed by atoms with van der Waals surface area (Å²) in [6.45, 7) is 0. The first-order chi connectivity index (χ1) is 13.0. The molecular weight excluding hydrogens is 367 g/mol. The van der Waals surface area contributed by atoms with Crippen LogP contribution in [0.4, 0.5) is 4.39 Å². The molecule has 27 heavy (non-hydrogen) atoms. The smallest absolute Gasteiger partial charge is 0.220 e. The van der Waals surface area contributed by atoms with E-state index < -0.39 is 5.82 Å². The van der Waals surface area contributed by atoms with Crippen molar-refractivity contribution in [3.05, 3.63) is 58.2 Å². The van der Waals surface area contributed by atoms with Crippen LogP contribution in [0.5, 0.6) is 0 Å². The normalized spacial score (nSPS) is 21.6. The lowest BCUT2D eigenvalue weighted by Crippen LogP contribution is -2.33. The topological polar surface area (TPSA) is 81.8 Å². The first kappa shape index (κ1) is 18.0. The summed E-state index contributed by atoms with van der Waals surface area (Å²) in [5.74, 6) is -0.487. The molecule has 2 aliphatic carbocycles. The third kappa shape index (κ3) is 3.58. The quantitative estimate of drug-likeness (QED) is 0.872. The summed E-state index contributed by atoms with van der Waals surface area (Å²) in [7, 11) is 0. The van der Waals surface area contributed by atoms with Crippen LogP contribution in [0.25, 0.3) is 5.57 Å². The summed E-state index contributed by atoms with van der Waals surface area (Å²) in [5.41, 5.74) is 8.49. The Kier molecular flexibility index (Phi) is 4.91. The van der Waals surface area contributed by atoms with E-state index in [1.165, 1.54) is 6.20 Å². The van der Waals surface area contributed by atoms with Crippen molar-refractivity contribution in [2.75, 3.05) is 0 Å². The van der Waals surface area contributed by atoms with Gasteiger partial charge in [0.15, 0.2) is 11.6 Å². The van der Waals surface area contributed by atoms with Gasteiger partial charge in [0.05, 0.1) is 22.6 Å². The third-order valence-electron chi connectivity index (χ3n) is 5.51. The van der Waals surface area contributed by atoms with Crippen LogP contribution >= 0.6 is 11.6 Å². The van der Waals surface area contributed by atoms with E-state index in [-0.39, 0.29) is 17.7 Å². The third-order valence-corrected chi connectivity index (χ3v) is 5.72. The van der Waals surface area contributed by atoms with E-state index in [1.807, 2.05) is 12.1 Å². The highest BCUT2D eigenvalue weighted by atomic mass is 35.5. The number of amides is 1. The number of pyridine rings is 1. The molecule has 0 radical (unpaired) electrons. The summed E-state index contributed by atoms with van der Waals surface area (Å²) in [6.07, 6.45) is 9.50. The van der Waals surface area contributed by atoms with Crippen LogP contribution in [0, 0.1) is 17.7 Å². The number of nitrogens with two attached hydrogens (primary N) is 1. The Morgan fingerprint density at radius 2 is 2.07 bits per heavy atom. The lowest BCUT2D eigenvalue weighted by molar-refractivity contribution is -0.124. The van der Waals surface area contributed by atoms with Gasteiger partial charge in [-0.05, 0) is 31.2 Å². The molecule has 2 aliphatic rings. The highest BCUT2D eigenvalue weighted by molar-refractivity contribution is 6.30. The molecule has 2 aromatic rings. The Morgan fingerprint density at radius 3 is 2.89 bits per heavy atom. The largest absolute Gasteiger partial charge is 0.369 e. The predicted molar refractivity (Wildman–Crippen MR) is 100 cm³/mol. The van der Waals surface area contributed by atoms with Crippen molar-refractivity contribution in [2.45, 2.75) is 38.5 Å². The van der Waals surface area contributed by atoms with Gasteiger partial charge in [0, 0.05) is 29.7 Å². The number of halogens is 2. The molecule has 7 heteroatoms. The van der Waals surface area contributed by atoms with Crippen LogP contribution < -0.4 is 5.73 Å². The zero-order valence-corrected chi connectivity index (χ0v) is 15.5. The van der Waals surface area contributed by atoms with Crippen molar-refractivity contribution in [1.82, 2.24) is 15.0 Å². The van der Waals surface area contributed by atoms with Gasteiger partial charge in [0.2, 0.25) is 5.91 Å². The Labute approximate surface area is 161 Å². The van der Waals surface area contributed by atoms with Gasteiger partial charge in [0.25, 0.3) is 0 Å². The average molecular weight is 387 g/mol. The first-order valence-corrected chi connectivity index (χ1v) is 9.57. The SMILES string of the molecule is NC(=O)[C@H]1CCCC[C@@H]1Cc1nc(C2=CCc3ncc(Cl)cc32)ncc1F. The molecular formula is C20H20ClFN4O. The van der Waals surface area contributed by atoms with Gasteiger partial charge >= 0.3 is 0 Å². The van der Waals surface area contributed by atoms with E-state index in [0.29, 0.717) is 29.4 Å². The van der Waals surface area contributed by atoms with E-state index >= 15 is 0 Å². The number of nitrogens with zero attached hydrogens (tertiary/aromatic N) is 3. The number of rotatable bonds is 4. The van der Waals surface area contributed by atoms with E-state index in [4.69, 9.17) is 17.3 Å². The fraction of sp³-hybridized carbons (Fsp3) is 0.400.